The second kappa shape index (κ2) is 9.45. The quantitative estimate of drug-likeness (QED) is 0.303. The summed E-state index contributed by atoms with van der Waals surface area (Å²) in [7, 11) is 2.12. The minimum absolute atomic E-state index is 0.718. The van der Waals surface area contributed by atoms with Crippen molar-refractivity contribution >= 4 is 11.6 Å². The predicted molar refractivity (Wildman–Crippen MR) is 133 cm³/mol. The SMILES string of the molecule is CN(Cc1cnn(-c2ccccc2)c1)Cc1cn(-c2ccccc2)nc1-c1ccc(Cl)cc1. The maximum absolute atomic E-state index is 6.12. The highest BCUT2D eigenvalue weighted by Crippen LogP contribution is 2.26. The lowest BCUT2D eigenvalue weighted by atomic mass is 10.1. The molecule has 2 aromatic heterocycles. The van der Waals surface area contributed by atoms with Crippen molar-refractivity contribution in [3.63, 3.8) is 0 Å². The molecule has 0 aliphatic heterocycles. The Kier molecular flexibility index (Phi) is 6.07. The van der Waals surface area contributed by atoms with E-state index in [0.717, 1.165) is 51.9 Å². The summed E-state index contributed by atoms with van der Waals surface area (Å²) in [4.78, 5) is 2.28. The summed E-state index contributed by atoms with van der Waals surface area (Å²) in [6, 6.07) is 28.2. The lowest BCUT2D eigenvalue weighted by Crippen LogP contribution is -2.17. The lowest BCUT2D eigenvalue weighted by Gasteiger charge is -2.15. The Morgan fingerprint density at radius 3 is 2.06 bits per heavy atom. The van der Waals surface area contributed by atoms with Crippen LogP contribution in [0, 0.1) is 0 Å². The highest BCUT2D eigenvalue weighted by molar-refractivity contribution is 6.30. The largest absolute Gasteiger partial charge is 0.298 e. The molecule has 5 aromatic rings. The van der Waals surface area contributed by atoms with E-state index in [0.29, 0.717) is 0 Å². The van der Waals surface area contributed by atoms with E-state index >= 15 is 0 Å². The Balaban J connectivity index is 1.39. The van der Waals surface area contributed by atoms with Crippen LogP contribution in [0.4, 0.5) is 0 Å². The normalized spacial score (nSPS) is 11.2. The number of para-hydroxylation sites is 2. The summed E-state index contributed by atoms with van der Waals surface area (Å²) in [5.74, 6) is 0. The average molecular weight is 454 g/mol. The summed E-state index contributed by atoms with van der Waals surface area (Å²) in [5, 5.41) is 10.2. The first-order chi connectivity index (χ1) is 16.2. The third-order valence-electron chi connectivity index (χ3n) is 5.48. The molecule has 0 aliphatic rings. The Bertz CT molecular complexity index is 1320. The van der Waals surface area contributed by atoms with E-state index in [1.807, 2.05) is 76.2 Å². The van der Waals surface area contributed by atoms with Gasteiger partial charge in [-0.3, -0.25) is 4.90 Å². The third-order valence-corrected chi connectivity index (χ3v) is 5.73. The van der Waals surface area contributed by atoms with Crippen molar-refractivity contribution in [1.82, 2.24) is 24.5 Å². The van der Waals surface area contributed by atoms with Crippen molar-refractivity contribution in [2.45, 2.75) is 13.1 Å². The number of hydrogen-bond acceptors (Lipinski definition) is 3. The summed E-state index contributed by atoms with van der Waals surface area (Å²) >= 11 is 6.12. The first kappa shape index (κ1) is 21.2. The van der Waals surface area contributed by atoms with Crippen molar-refractivity contribution in [3.05, 3.63) is 120 Å². The van der Waals surface area contributed by atoms with Gasteiger partial charge in [-0.25, -0.2) is 9.36 Å². The molecule has 164 valence electrons. The molecular formula is C27H24ClN5. The molecule has 0 saturated heterocycles. The van der Waals surface area contributed by atoms with Crippen LogP contribution in [-0.4, -0.2) is 31.5 Å². The van der Waals surface area contributed by atoms with Gasteiger partial charge < -0.3 is 0 Å². The Labute approximate surface area is 198 Å². The molecule has 0 spiro atoms. The van der Waals surface area contributed by atoms with E-state index < -0.39 is 0 Å². The summed E-state index contributed by atoms with van der Waals surface area (Å²) in [6.07, 6.45) is 6.12. The maximum atomic E-state index is 6.12. The van der Waals surface area contributed by atoms with Crippen LogP contribution in [0.3, 0.4) is 0 Å². The van der Waals surface area contributed by atoms with Gasteiger partial charge in [-0.15, -0.1) is 0 Å². The Morgan fingerprint density at radius 2 is 1.39 bits per heavy atom. The predicted octanol–water partition coefficient (Wildman–Crippen LogP) is 6.01. The van der Waals surface area contributed by atoms with Crippen LogP contribution in [0.15, 0.2) is 104 Å². The van der Waals surface area contributed by atoms with E-state index in [9.17, 15) is 0 Å². The van der Waals surface area contributed by atoms with Crippen LogP contribution in [0.1, 0.15) is 11.1 Å². The van der Waals surface area contributed by atoms with E-state index in [2.05, 4.69) is 53.7 Å². The van der Waals surface area contributed by atoms with Gasteiger partial charge >= 0.3 is 0 Å². The minimum Gasteiger partial charge on any atom is -0.298 e. The van der Waals surface area contributed by atoms with Gasteiger partial charge in [-0.05, 0) is 43.4 Å². The second-order valence-corrected chi connectivity index (χ2v) is 8.53. The van der Waals surface area contributed by atoms with Gasteiger partial charge in [0.1, 0.15) is 0 Å². The van der Waals surface area contributed by atoms with Crippen LogP contribution in [0.5, 0.6) is 0 Å². The van der Waals surface area contributed by atoms with Gasteiger partial charge in [-0.2, -0.15) is 10.2 Å². The van der Waals surface area contributed by atoms with Crippen molar-refractivity contribution in [2.24, 2.45) is 0 Å². The van der Waals surface area contributed by atoms with Crippen LogP contribution in [0.25, 0.3) is 22.6 Å². The molecule has 0 unspecified atom stereocenters. The van der Waals surface area contributed by atoms with Crippen LogP contribution >= 0.6 is 11.6 Å². The van der Waals surface area contributed by atoms with Crippen LogP contribution in [0.2, 0.25) is 5.02 Å². The molecule has 33 heavy (non-hydrogen) atoms. The number of aromatic nitrogens is 4. The molecule has 0 atom stereocenters. The molecule has 0 bridgehead atoms. The zero-order valence-corrected chi connectivity index (χ0v) is 19.1. The maximum Gasteiger partial charge on any atom is 0.0972 e. The lowest BCUT2D eigenvalue weighted by molar-refractivity contribution is 0.319. The first-order valence-corrected chi connectivity index (χ1v) is 11.2. The zero-order chi connectivity index (χ0) is 22.6. The van der Waals surface area contributed by atoms with Gasteiger partial charge in [0, 0.05) is 47.2 Å². The van der Waals surface area contributed by atoms with E-state index in [1.54, 1.807) is 0 Å². The molecule has 0 radical (unpaired) electrons. The molecule has 0 N–H and O–H groups in total. The average Bonchev–Trinajstić information content (AvgIpc) is 3.48. The highest BCUT2D eigenvalue weighted by atomic mass is 35.5. The molecule has 5 rings (SSSR count). The third kappa shape index (κ3) is 4.90. The zero-order valence-electron chi connectivity index (χ0n) is 18.3. The van der Waals surface area contributed by atoms with Crippen molar-refractivity contribution in [2.75, 3.05) is 7.05 Å². The van der Waals surface area contributed by atoms with E-state index in [-0.39, 0.29) is 0 Å². The van der Waals surface area contributed by atoms with Gasteiger partial charge in [0.15, 0.2) is 0 Å². The molecule has 0 amide bonds. The second-order valence-electron chi connectivity index (χ2n) is 8.09. The monoisotopic (exact) mass is 453 g/mol. The summed E-state index contributed by atoms with van der Waals surface area (Å²) < 4.78 is 3.86. The van der Waals surface area contributed by atoms with Crippen molar-refractivity contribution in [3.8, 4) is 22.6 Å². The van der Waals surface area contributed by atoms with Gasteiger partial charge in [-0.1, -0.05) is 60.1 Å². The van der Waals surface area contributed by atoms with E-state index in [1.165, 1.54) is 0 Å². The fourth-order valence-electron chi connectivity index (χ4n) is 3.91. The van der Waals surface area contributed by atoms with Gasteiger partial charge in [0.05, 0.1) is 23.3 Å². The number of nitrogens with zero attached hydrogens (tertiary/aromatic N) is 5. The molecule has 3 aromatic carbocycles. The molecule has 0 fully saturated rings. The Hall–Kier alpha value is -3.67. The fraction of sp³-hybridized carbons (Fsp3) is 0.111. The summed E-state index contributed by atoms with van der Waals surface area (Å²) in [6.45, 7) is 1.53. The minimum atomic E-state index is 0.718. The molecule has 2 heterocycles. The number of rotatable bonds is 7. The molecular weight excluding hydrogens is 430 g/mol. The van der Waals surface area contributed by atoms with Crippen molar-refractivity contribution < 1.29 is 0 Å². The molecule has 6 heteroatoms. The van der Waals surface area contributed by atoms with Gasteiger partial charge in [0.25, 0.3) is 0 Å². The van der Waals surface area contributed by atoms with Gasteiger partial charge in [0.2, 0.25) is 0 Å². The molecule has 0 aliphatic carbocycles. The number of halogens is 1. The van der Waals surface area contributed by atoms with Crippen molar-refractivity contribution in [1.29, 1.82) is 0 Å². The summed E-state index contributed by atoms with van der Waals surface area (Å²) in [5.41, 5.74) is 6.41. The highest BCUT2D eigenvalue weighted by Gasteiger charge is 2.15. The Morgan fingerprint density at radius 1 is 0.758 bits per heavy atom. The number of benzene rings is 3. The molecule has 0 saturated carbocycles. The first-order valence-electron chi connectivity index (χ1n) is 10.8. The van der Waals surface area contributed by atoms with E-state index in [4.69, 9.17) is 16.7 Å². The molecule has 5 nitrogen and oxygen atoms in total. The topological polar surface area (TPSA) is 38.9 Å². The standard InChI is InChI=1S/C27H24ClN5/c1-31(17-21-16-29-32(18-21)25-8-4-2-5-9-25)19-23-20-33(26-10-6-3-7-11-26)30-27(23)22-12-14-24(28)15-13-22/h2-16,18,20H,17,19H2,1H3. The fourth-order valence-corrected chi connectivity index (χ4v) is 4.04. The van der Waals surface area contributed by atoms with Crippen LogP contribution in [-0.2, 0) is 13.1 Å². The van der Waals surface area contributed by atoms with Crippen LogP contribution < -0.4 is 0 Å². The number of hydrogen-bond donors (Lipinski definition) is 0. The smallest absolute Gasteiger partial charge is 0.0972 e.